The van der Waals surface area contributed by atoms with Gasteiger partial charge in [0.1, 0.15) is 5.82 Å². The molecule has 6 nitrogen and oxygen atoms in total. The summed E-state index contributed by atoms with van der Waals surface area (Å²) in [5, 5.41) is 9.05. The minimum absolute atomic E-state index is 0.0521. The Morgan fingerprint density at radius 3 is 2.62 bits per heavy atom. The molecule has 0 aliphatic carbocycles. The van der Waals surface area contributed by atoms with Gasteiger partial charge < -0.3 is 5.32 Å². The Labute approximate surface area is 150 Å². The second-order valence-electron chi connectivity index (χ2n) is 5.22. The number of nitrogens with one attached hydrogen (secondary N) is 2. The van der Waals surface area contributed by atoms with Crippen LogP contribution >= 0.6 is 11.6 Å². The SMILES string of the molecule is O=C(NCc1nc(-c2ccncc2)n[nH]1)c1cc(C(F)(F)F)ccc1Cl. The highest BCUT2D eigenvalue weighted by Crippen LogP contribution is 2.31. The van der Waals surface area contributed by atoms with Crippen LogP contribution in [-0.2, 0) is 12.7 Å². The van der Waals surface area contributed by atoms with Crippen molar-refractivity contribution in [2.75, 3.05) is 0 Å². The highest BCUT2D eigenvalue weighted by Gasteiger charge is 2.31. The van der Waals surface area contributed by atoms with Crippen LogP contribution in [0.25, 0.3) is 11.4 Å². The van der Waals surface area contributed by atoms with Crippen LogP contribution in [0.2, 0.25) is 5.02 Å². The molecule has 0 aliphatic rings. The summed E-state index contributed by atoms with van der Waals surface area (Å²) >= 11 is 5.84. The van der Waals surface area contributed by atoms with Gasteiger partial charge in [-0.3, -0.25) is 14.9 Å². The van der Waals surface area contributed by atoms with Crippen LogP contribution in [0.3, 0.4) is 0 Å². The van der Waals surface area contributed by atoms with Crippen LogP contribution in [-0.4, -0.2) is 26.1 Å². The van der Waals surface area contributed by atoms with Crippen molar-refractivity contribution in [2.45, 2.75) is 12.7 Å². The lowest BCUT2D eigenvalue weighted by molar-refractivity contribution is -0.137. The number of rotatable bonds is 4. The average Bonchev–Trinajstić information content (AvgIpc) is 3.09. The minimum atomic E-state index is -4.57. The van der Waals surface area contributed by atoms with E-state index in [0.717, 1.165) is 17.7 Å². The Balaban J connectivity index is 1.71. The smallest absolute Gasteiger partial charge is 0.345 e. The number of alkyl halides is 3. The average molecular weight is 382 g/mol. The Bertz CT molecular complexity index is 927. The predicted molar refractivity (Wildman–Crippen MR) is 87.2 cm³/mol. The molecular weight excluding hydrogens is 371 g/mol. The molecule has 1 amide bonds. The van der Waals surface area contributed by atoms with E-state index in [4.69, 9.17) is 11.6 Å². The van der Waals surface area contributed by atoms with Gasteiger partial charge in [0, 0.05) is 18.0 Å². The molecule has 134 valence electrons. The van der Waals surface area contributed by atoms with E-state index in [1.54, 1.807) is 24.5 Å². The van der Waals surface area contributed by atoms with Crippen molar-refractivity contribution in [3.8, 4) is 11.4 Å². The van der Waals surface area contributed by atoms with Crippen molar-refractivity contribution in [3.63, 3.8) is 0 Å². The normalized spacial score (nSPS) is 11.4. The summed E-state index contributed by atoms with van der Waals surface area (Å²) < 4.78 is 38.3. The molecule has 0 saturated heterocycles. The van der Waals surface area contributed by atoms with Gasteiger partial charge in [-0.05, 0) is 30.3 Å². The molecule has 0 atom stereocenters. The Kier molecular flexibility index (Phi) is 4.90. The highest BCUT2D eigenvalue weighted by molar-refractivity contribution is 6.33. The molecule has 0 fully saturated rings. The van der Waals surface area contributed by atoms with Gasteiger partial charge in [-0.25, -0.2) is 4.98 Å². The zero-order valence-corrected chi connectivity index (χ0v) is 13.8. The molecule has 0 radical (unpaired) electrons. The Morgan fingerprint density at radius 2 is 1.92 bits per heavy atom. The van der Waals surface area contributed by atoms with Crippen molar-refractivity contribution >= 4 is 17.5 Å². The number of carbonyl (C=O) groups is 1. The number of carbonyl (C=O) groups excluding carboxylic acids is 1. The van der Waals surface area contributed by atoms with Crippen molar-refractivity contribution < 1.29 is 18.0 Å². The van der Waals surface area contributed by atoms with E-state index in [-0.39, 0.29) is 17.1 Å². The number of benzene rings is 1. The maximum atomic E-state index is 12.8. The number of hydrogen-bond acceptors (Lipinski definition) is 4. The number of hydrogen-bond donors (Lipinski definition) is 2. The van der Waals surface area contributed by atoms with Crippen LogP contribution < -0.4 is 5.32 Å². The first-order chi connectivity index (χ1) is 12.3. The molecule has 2 N–H and O–H groups in total. The molecular formula is C16H11ClF3N5O. The fraction of sp³-hybridized carbons (Fsp3) is 0.125. The second-order valence-corrected chi connectivity index (χ2v) is 5.62. The van der Waals surface area contributed by atoms with Crippen LogP contribution in [0.15, 0.2) is 42.7 Å². The number of nitrogens with zero attached hydrogens (tertiary/aromatic N) is 3. The molecule has 3 rings (SSSR count). The van der Waals surface area contributed by atoms with Gasteiger partial charge in [0.2, 0.25) is 0 Å². The van der Waals surface area contributed by atoms with E-state index in [0.29, 0.717) is 17.7 Å². The predicted octanol–water partition coefficient (Wildman–Crippen LogP) is 3.47. The quantitative estimate of drug-likeness (QED) is 0.725. The van der Waals surface area contributed by atoms with E-state index in [9.17, 15) is 18.0 Å². The molecule has 2 heterocycles. The van der Waals surface area contributed by atoms with Crippen LogP contribution in [0.4, 0.5) is 13.2 Å². The first kappa shape index (κ1) is 17.9. The Morgan fingerprint density at radius 1 is 1.19 bits per heavy atom. The minimum Gasteiger partial charge on any atom is -0.345 e. The molecule has 0 saturated carbocycles. The standard InChI is InChI=1S/C16H11ClF3N5O/c17-12-2-1-10(16(18,19)20)7-11(12)15(26)22-8-13-23-14(25-24-13)9-3-5-21-6-4-9/h1-7H,8H2,(H,22,26)(H,23,24,25). The number of halogens is 4. The fourth-order valence-electron chi connectivity index (χ4n) is 2.14. The summed E-state index contributed by atoms with van der Waals surface area (Å²) in [6.45, 7) is -0.0521. The fourth-order valence-corrected chi connectivity index (χ4v) is 2.34. The van der Waals surface area contributed by atoms with E-state index in [2.05, 4.69) is 25.5 Å². The first-order valence-electron chi connectivity index (χ1n) is 7.31. The molecule has 10 heteroatoms. The molecule has 1 aromatic carbocycles. The van der Waals surface area contributed by atoms with E-state index in [1.165, 1.54) is 0 Å². The van der Waals surface area contributed by atoms with Crippen LogP contribution in [0.1, 0.15) is 21.7 Å². The van der Waals surface area contributed by atoms with E-state index >= 15 is 0 Å². The lowest BCUT2D eigenvalue weighted by Crippen LogP contribution is -2.24. The monoisotopic (exact) mass is 381 g/mol. The summed E-state index contributed by atoms with van der Waals surface area (Å²) in [4.78, 5) is 20.3. The second kappa shape index (κ2) is 7.12. The molecule has 26 heavy (non-hydrogen) atoms. The molecule has 0 unspecified atom stereocenters. The van der Waals surface area contributed by atoms with Gasteiger partial charge in [0.05, 0.1) is 22.7 Å². The van der Waals surface area contributed by atoms with Gasteiger partial charge in [-0.1, -0.05) is 11.6 Å². The maximum Gasteiger partial charge on any atom is 0.416 e. The van der Waals surface area contributed by atoms with Gasteiger partial charge in [0.15, 0.2) is 5.82 Å². The summed E-state index contributed by atoms with van der Waals surface area (Å²) in [7, 11) is 0. The van der Waals surface area contributed by atoms with Crippen LogP contribution in [0.5, 0.6) is 0 Å². The van der Waals surface area contributed by atoms with E-state index in [1.807, 2.05) is 0 Å². The third kappa shape index (κ3) is 3.99. The third-order valence-corrected chi connectivity index (χ3v) is 3.75. The Hall–Kier alpha value is -2.94. The lowest BCUT2D eigenvalue weighted by atomic mass is 10.1. The van der Waals surface area contributed by atoms with Gasteiger partial charge in [-0.2, -0.15) is 18.3 Å². The van der Waals surface area contributed by atoms with Gasteiger partial charge >= 0.3 is 6.18 Å². The lowest BCUT2D eigenvalue weighted by Gasteiger charge is -2.10. The zero-order valence-electron chi connectivity index (χ0n) is 13.0. The molecule has 0 spiro atoms. The summed E-state index contributed by atoms with van der Waals surface area (Å²) in [5.41, 5.74) is -0.489. The number of pyridine rings is 1. The number of aromatic nitrogens is 4. The first-order valence-corrected chi connectivity index (χ1v) is 7.69. The van der Waals surface area contributed by atoms with Gasteiger partial charge in [0.25, 0.3) is 5.91 Å². The molecule has 0 aliphatic heterocycles. The van der Waals surface area contributed by atoms with Crippen molar-refractivity contribution in [1.82, 2.24) is 25.5 Å². The topological polar surface area (TPSA) is 83.6 Å². The van der Waals surface area contributed by atoms with Crippen molar-refractivity contribution in [1.29, 1.82) is 0 Å². The van der Waals surface area contributed by atoms with E-state index < -0.39 is 17.6 Å². The number of H-pyrrole nitrogens is 1. The zero-order chi connectivity index (χ0) is 18.7. The largest absolute Gasteiger partial charge is 0.416 e. The van der Waals surface area contributed by atoms with Crippen molar-refractivity contribution in [3.05, 3.63) is 64.7 Å². The van der Waals surface area contributed by atoms with Gasteiger partial charge in [-0.15, -0.1) is 0 Å². The number of amides is 1. The summed E-state index contributed by atoms with van der Waals surface area (Å²) in [6, 6.07) is 5.99. The third-order valence-electron chi connectivity index (χ3n) is 3.42. The summed E-state index contributed by atoms with van der Waals surface area (Å²) in [6.07, 6.45) is -1.39. The molecule has 2 aromatic heterocycles. The number of aromatic amines is 1. The maximum absolute atomic E-state index is 12.8. The van der Waals surface area contributed by atoms with Crippen LogP contribution in [0, 0.1) is 0 Å². The molecule has 3 aromatic rings. The summed E-state index contributed by atoms with van der Waals surface area (Å²) in [5.74, 6) is 0.00460. The molecule has 0 bridgehead atoms. The highest BCUT2D eigenvalue weighted by atomic mass is 35.5. The van der Waals surface area contributed by atoms with Crippen molar-refractivity contribution in [2.24, 2.45) is 0 Å².